The molecule has 178 valence electrons. The van der Waals surface area contributed by atoms with E-state index in [9.17, 15) is 17.6 Å². The van der Waals surface area contributed by atoms with Crippen molar-refractivity contribution in [3.8, 4) is 5.75 Å². The van der Waals surface area contributed by atoms with Crippen LogP contribution in [0, 0.1) is 5.82 Å². The van der Waals surface area contributed by atoms with Crippen molar-refractivity contribution < 1.29 is 27.1 Å². The summed E-state index contributed by atoms with van der Waals surface area (Å²) in [6.07, 6.45) is 0. The van der Waals surface area contributed by atoms with Crippen LogP contribution in [0.25, 0.3) is 10.9 Å². The van der Waals surface area contributed by atoms with Crippen molar-refractivity contribution in [2.75, 3.05) is 19.4 Å². The van der Waals surface area contributed by atoms with E-state index in [0.29, 0.717) is 41.2 Å². The van der Waals surface area contributed by atoms with Crippen molar-refractivity contribution >= 4 is 32.5 Å². The standard InChI is InChI=1S/C24H24FN3O5S/c1-12(2)34(30,31)13-4-5-14-21(11-33-22(14)6-13)28(3)24(29)16-7-15-17-9-32-10-18(17)23(26)27-20(15)8-19(16)25/h4-8,12,21H,9-11H2,1-3H3,(H2,26,27)/t21-/m0/s1. The molecule has 2 N–H and O–H groups in total. The number of benzene rings is 2. The number of sulfone groups is 1. The van der Waals surface area contributed by atoms with Gasteiger partial charge in [0, 0.05) is 29.6 Å². The number of likely N-dealkylation sites (N-methyl/N-ethyl adjacent to an activating group) is 1. The van der Waals surface area contributed by atoms with Crippen LogP contribution in [0.1, 0.15) is 46.9 Å². The average molecular weight is 486 g/mol. The number of carbonyl (C=O) groups excluding carboxylic acids is 1. The van der Waals surface area contributed by atoms with Crippen LogP contribution in [-0.4, -0.2) is 43.1 Å². The Morgan fingerprint density at radius 1 is 1.21 bits per heavy atom. The van der Waals surface area contributed by atoms with Crippen LogP contribution in [0.4, 0.5) is 10.2 Å². The fourth-order valence-electron chi connectivity index (χ4n) is 4.43. The highest BCUT2D eigenvalue weighted by Crippen LogP contribution is 2.39. The zero-order valence-electron chi connectivity index (χ0n) is 19.0. The zero-order chi connectivity index (χ0) is 24.4. The van der Waals surface area contributed by atoms with E-state index < -0.39 is 32.9 Å². The molecule has 5 rings (SSSR count). The molecule has 0 bridgehead atoms. The van der Waals surface area contributed by atoms with Crippen molar-refractivity contribution in [1.29, 1.82) is 0 Å². The first kappa shape index (κ1) is 22.5. The summed E-state index contributed by atoms with van der Waals surface area (Å²) in [5.74, 6) is -0.522. The Balaban J connectivity index is 1.49. The van der Waals surface area contributed by atoms with Crippen LogP contribution >= 0.6 is 0 Å². The first-order valence-electron chi connectivity index (χ1n) is 10.9. The monoisotopic (exact) mass is 485 g/mol. The van der Waals surface area contributed by atoms with Crippen LogP contribution in [0.15, 0.2) is 35.2 Å². The molecule has 3 aromatic rings. The average Bonchev–Trinajstić information content (AvgIpc) is 3.45. The Bertz CT molecular complexity index is 1450. The molecule has 8 nitrogen and oxygen atoms in total. The van der Waals surface area contributed by atoms with Gasteiger partial charge in [0.1, 0.15) is 24.0 Å². The fourth-order valence-corrected chi connectivity index (χ4v) is 5.50. The number of pyridine rings is 1. The van der Waals surface area contributed by atoms with Crippen molar-refractivity contribution in [3.63, 3.8) is 0 Å². The van der Waals surface area contributed by atoms with Gasteiger partial charge in [-0.3, -0.25) is 4.79 Å². The van der Waals surface area contributed by atoms with Crippen molar-refractivity contribution in [1.82, 2.24) is 9.88 Å². The molecule has 0 radical (unpaired) electrons. The van der Waals surface area contributed by atoms with E-state index in [1.54, 1.807) is 27.0 Å². The van der Waals surface area contributed by atoms with Gasteiger partial charge in [-0.15, -0.1) is 0 Å². The van der Waals surface area contributed by atoms with Crippen molar-refractivity contribution in [3.05, 3.63) is 58.4 Å². The number of nitrogens with zero attached hydrogens (tertiary/aromatic N) is 2. The van der Waals surface area contributed by atoms with Crippen LogP contribution in [0.5, 0.6) is 5.75 Å². The molecule has 10 heteroatoms. The predicted octanol–water partition coefficient (Wildman–Crippen LogP) is 3.37. The van der Waals surface area contributed by atoms with Crippen LogP contribution in [0.2, 0.25) is 0 Å². The Morgan fingerprint density at radius 3 is 2.68 bits per heavy atom. The highest BCUT2D eigenvalue weighted by atomic mass is 32.2. The van der Waals surface area contributed by atoms with Crippen LogP contribution < -0.4 is 10.5 Å². The van der Waals surface area contributed by atoms with Gasteiger partial charge in [0.2, 0.25) is 0 Å². The Kier molecular flexibility index (Phi) is 5.25. The molecule has 2 aliphatic rings. The van der Waals surface area contributed by atoms with Gasteiger partial charge in [-0.2, -0.15) is 0 Å². The van der Waals surface area contributed by atoms with Gasteiger partial charge in [-0.1, -0.05) is 6.07 Å². The lowest BCUT2D eigenvalue weighted by Crippen LogP contribution is -2.32. The summed E-state index contributed by atoms with van der Waals surface area (Å²) < 4.78 is 51.2. The third-order valence-corrected chi connectivity index (χ3v) is 8.68. The number of hydrogen-bond acceptors (Lipinski definition) is 7. The van der Waals surface area contributed by atoms with E-state index in [2.05, 4.69) is 4.98 Å². The van der Waals surface area contributed by atoms with Gasteiger partial charge in [-0.25, -0.2) is 17.8 Å². The fraction of sp³-hybridized carbons (Fsp3) is 0.333. The maximum Gasteiger partial charge on any atom is 0.257 e. The number of ether oxygens (including phenoxy) is 2. The first-order chi connectivity index (χ1) is 16.1. The molecule has 3 heterocycles. The molecule has 0 aliphatic carbocycles. The molecule has 0 unspecified atom stereocenters. The highest BCUT2D eigenvalue weighted by Gasteiger charge is 2.34. The molecule has 34 heavy (non-hydrogen) atoms. The summed E-state index contributed by atoms with van der Waals surface area (Å²) >= 11 is 0. The molecular formula is C24H24FN3O5S. The van der Waals surface area contributed by atoms with Crippen LogP contribution in [-0.2, 0) is 27.8 Å². The minimum Gasteiger partial charge on any atom is -0.491 e. The molecule has 1 aromatic heterocycles. The quantitative estimate of drug-likeness (QED) is 0.603. The normalized spacial score (nSPS) is 17.0. The first-order valence-corrected chi connectivity index (χ1v) is 12.4. The summed E-state index contributed by atoms with van der Waals surface area (Å²) in [5.41, 5.74) is 8.49. The summed E-state index contributed by atoms with van der Waals surface area (Å²) in [6.45, 7) is 4.01. The van der Waals surface area contributed by atoms with E-state index in [0.717, 1.165) is 11.1 Å². The van der Waals surface area contributed by atoms with E-state index in [-0.39, 0.29) is 17.1 Å². The number of nitrogen functional groups attached to an aromatic ring is 1. The Hall–Kier alpha value is -3.24. The molecular weight excluding hydrogens is 461 g/mol. The molecule has 0 saturated carbocycles. The topological polar surface area (TPSA) is 112 Å². The summed E-state index contributed by atoms with van der Waals surface area (Å²) in [4.78, 5) is 19.2. The van der Waals surface area contributed by atoms with E-state index >= 15 is 0 Å². The maximum absolute atomic E-state index is 15.0. The van der Waals surface area contributed by atoms with Crippen molar-refractivity contribution in [2.24, 2.45) is 0 Å². The molecule has 0 spiro atoms. The van der Waals surface area contributed by atoms with Gasteiger partial charge in [0.05, 0.1) is 40.5 Å². The van der Waals surface area contributed by atoms with Gasteiger partial charge in [0.25, 0.3) is 5.91 Å². The third kappa shape index (κ3) is 3.40. The number of amides is 1. The van der Waals surface area contributed by atoms with Gasteiger partial charge in [0.15, 0.2) is 9.84 Å². The SMILES string of the molecule is CC(C)S(=O)(=O)c1ccc2c(c1)OC[C@@H]2N(C)C(=O)c1cc2c3c(c(N)nc2cc1F)COC3. The summed E-state index contributed by atoms with van der Waals surface area (Å²) in [7, 11) is -1.89. The van der Waals surface area contributed by atoms with Gasteiger partial charge >= 0.3 is 0 Å². The number of fused-ring (bicyclic) bond motifs is 4. The summed E-state index contributed by atoms with van der Waals surface area (Å²) in [6, 6.07) is 6.88. The number of aromatic nitrogens is 1. The Labute approximate surface area is 196 Å². The second-order valence-corrected chi connectivity index (χ2v) is 11.3. The number of carbonyl (C=O) groups is 1. The van der Waals surface area contributed by atoms with E-state index in [1.165, 1.54) is 29.2 Å². The van der Waals surface area contributed by atoms with Crippen LogP contribution in [0.3, 0.4) is 0 Å². The minimum atomic E-state index is -3.47. The molecule has 1 amide bonds. The molecule has 2 aromatic carbocycles. The number of hydrogen-bond donors (Lipinski definition) is 1. The lowest BCUT2D eigenvalue weighted by atomic mass is 10.0. The molecule has 1 atom stereocenters. The number of halogens is 1. The van der Waals surface area contributed by atoms with Crippen molar-refractivity contribution in [2.45, 2.75) is 43.2 Å². The Morgan fingerprint density at radius 2 is 1.94 bits per heavy atom. The maximum atomic E-state index is 15.0. The lowest BCUT2D eigenvalue weighted by Gasteiger charge is -2.24. The van der Waals surface area contributed by atoms with Gasteiger partial charge in [-0.05, 0) is 37.6 Å². The number of nitrogens with two attached hydrogens (primary N) is 1. The zero-order valence-corrected chi connectivity index (χ0v) is 19.8. The highest BCUT2D eigenvalue weighted by molar-refractivity contribution is 7.92. The number of anilines is 1. The smallest absolute Gasteiger partial charge is 0.257 e. The molecule has 0 fully saturated rings. The number of rotatable bonds is 4. The molecule has 0 saturated heterocycles. The third-order valence-electron chi connectivity index (χ3n) is 6.53. The van der Waals surface area contributed by atoms with E-state index in [4.69, 9.17) is 15.2 Å². The minimum absolute atomic E-state index is 0.0943. The predicted molar refractivity (Wildman–Crippen MR) is 124 cm³/mol. The van der Waals surface area contributed by atoms with Gasteiger partial charge < -0.3 is 20.1 Å². The summed E-state index contributed by atoms with van der Waals surface area (Å²) in [5, 5.41) is 0.0611. The second-order valence-electron chi connectivity index (χ2n) is 8.83. The van der Waals surface area contributed by atoms with E-state index in [1.807, 2.05) is 0 Å². The lowest BCUT2D eigenvalue weighted by molar-refractivity contribution is 0.0704. The molecule has 2 aliphatic heterocycles. The largest absolute Gasteiger partial charge is 0.491 e. The second kappa shape index (κ2) is 7.92.